The predicted molar refractivity (Wildman–Crippen MR) is 88.5 cm³/mol. The number of carbonyl (C=O) groups excluding carboxylic acids is 1. The van der Waals surface area contributed by atoms with E-state index in [2.05, 4.69) is 5.32 Å². The van der Waals surface area contributed by atoms with Crippen LogP contribution in [0, 0.1) is 5.92 Å². The van der Waals surface area contributed by atoms with E-state index in [0.29, 0.717) is 30.1 Å². The first kappa shape index (κ1) is 16.7. The number of nitrogens with one attached hydrogen (secondary N) is 1. The van der Waals surface area contributed by atoms with Gasteiger partial charge < -0.3 is 20.4 Å². The fraction of sp³-hybridized carbons (Fsp3) is 0.588. The van der Waals surface area contributed by atoms with E-state index in [0.717, 1.165) is 12.5 Å². The van der Waals surface area contributed by atoms with Crippen molar-refractivity contribution in [2.45, 2.75) is 31.0 Å². The Morgan fingerprint density at radius 3 is 2.65 bits per heavy atom. The summed E-state index contributed by atoms with van der Waals surface area (Å²) in [4.78, 5) is 14.0. The third-order valence-electron chi connectivity index (χ3n) is 4.77. The summed E-state index contributed by atoms with van der Waals surface area (Å²) in [6.45, 7) is 1.83. The molecule has 0 radical (unpaired) electrons. The van der Waals surface area contributed by atoms with E-state index < -0.39 is 11.7 Å². The molecule has 1 amide bonds. The van der Waals surface area contributed by atoms with Gasteiger partial charge in [-0.1, -0.05) is 11.6 Å². The molecule has 23 heavy (non-hydrogen) atoms. The lowest BCUT2D eigenvalue weighted by atomic mass is 9.88. The molecule has 0 bridgehead atoms. The standard InChI is InChI=1S/C17H23ClN2O3/c18-14-5-3-13(4-6-14)16(22)20-8-7-17(23,15(21)10-20)11-19-9-12-1-2-12/h3-6,12,15,19,21,23H,1-2,7-11H2/t15-,17-/m0/s1. The number of hydrogen-bond acceptors (Lipinski definition) is 4. The number of β-amino-alcohol motifs (C(OH)–C–C–N with tert-alkyl or cyclic N) is 1. The molecule has 1 saturated heterocycles. The lowest BCUT2D eigenvalue weighted by molar-refractivity contribution is -0.110. The second-order valence-corrected chi connectivity index (χ2v) is 7.14. The van der Waals surface area contributed by atoms with Gasteiger partial charge >= 0.3 is 0 Å². The van der Waals surface area contributed by atoms with Crippen molar-refractivity contribution < 1.29 is 15.0 Å². The van der Waals surface area contributed by atoms with Crippen molar-refractivity contribution in [2.24, 2.45) is 5.92 Å². The Labute approximate surface area is 141 Å². The number of rotatable bonds is 5. The molecule has 3 rings (SSSR count). The van der Waals surface area contributed by atoms with Gasteiger partial charge in [-0.05, 0) is 56.0 Å². The average Bonchev–Trinajstić information content (AvgIpc) is 3.35. The fourth-order valence-electron chi connectivity index (χ4n) is 2.95. The summed E-state index contributed by atoms with van der Waals surface area (Å²) >= 11 is 5.83. The normalized spacial score (nSPS) is 28.0. The van der Waals surface area contributed by atoms with E-state index >= 15 is 0 Å². The topological polar surface area (TPSA) is 72.8 Å². The van der Waals surface area contributed by atoms with E-state index in [4.69, 9.17) is 11.6 Å². The first-order valence-corrected chi connectivity index (χ1v) is 8.52. The van der Waals surface area contributed by atoms with E-state index in [-0.39, 0.29) is 12.5 Å². The molecule has 1 aromatic rings. The van der Waals surface area contributed by atoms with Crippen LogP contribution in [0.2, 0.25) is 5.02 Å². The van der Waals surface area contributed by atoms with Crippen LogP contribution in [0.25, 0.3) is 0 Å². The summed E-state index contributed by atoms with van der Waals surface area (Å²) in [5, 5.41) is 24.7. The molecular formula is C17H23ClN2O3. The van der Waals surface area contributed by atoms with Crippen molar-refractivity contribution in [3.63, 3.8) is 0 Å². The smallest absolute Gasteiger partial charge is 0.253 e. The summed E-state index contributed by atoms with van der Waals surface area (Å²) in [5.74, 6) is 0.580. The van der Waals surface area contributed by atoms with Gasteiger partial charge in [0, 0.05) is 30.2 Å². The Morgan fingerprint density at radius 2 is 2.04 bits per heavy atom. The van der Waals surface area contributed by atoms with Crippen molar-refractivity contribution in [3.8, 4) is 0 Å². The van der Waals surface area contributed by atoms with Crippen molar-refractivity contribution in [3.05, 3.63) is 34.9 Å². The Balaban J connectivity index is 1.56. The molecule has 0 spiro atoms. The van der Waals surface area contributed by atoms with Gasteiger partial charge in [0.2, 0.25) is 0 Å². The van der Waals surface area contributed by atoms with Crippen LogP contribution in [-0.4, -0.2) is 58.9 Å². The van der Waals surface area contributed by atoms with Crippen LogP contribution in [-0.2, 0) is 0 Å². The molecule has 2 aliphatic rings. The minimum Gasteiger partial charge on any atom is -0.388 e. The Bertz CT molecular complexity index is 561. The van der Waals surface area contributed by atoms with Crippen molar-refractivity contribution in [1.82, 2.24) is 10.2 Å². The number of carbonyl (C=O) groups is 1. The van der Waals surface area contributed by atoms with Gasteiger partial charge in [-0.25, -0.2) is 0 Å². The third kappa shape index (κ3) is 4.04. The van der Waals surface area contributed by atoms with Crippen LogP contribution >= 0.6 is 11.6 Å². The number of nitrogens with zero attached hydrogens (tertiary/aromatic N) is 1. The molecular weight excluding hydrogens is 316 g/mol. The number of benzene rings is 1. The predicted octanol–water partition coefficient (Wildman–Crippen LogP) is 1.28. The highest BCUT2D eigenvalue weighted by Gasteiger charge is 2.41. The number of hydrogen-bond donors (Lipinski definition) is 3. The van der Waals surface area contributed by atoms with Gasteiger partial charge in [0.1, 0.15) is 11.7 Å². The van der Waals surface area contributed by atoms with E-state index in [1.165, 1.54) is 12.8 Å². The zero-order valence-corrected chi connectivity index (χ0v) is 13.8. The van der Waals surface area contributed by atoms with Crippen molar-refractivity contribution in [2.75, 3.05) is 26.2 Å². The van der Waals surface area contributed by atoms with Gasteiger partial charge in [0.15, 0.2) is 0 Å². The van der Waals surface area contributed by atoms with Gasteiger partial charge in [-0.3, -0.25) is 4.79 Å². The average molecular weight is 339 g/mol. The highest BCUT2D eigenvalue weighted by molar-refractivity contribution is 6.30. The van der Waals surface area contributed by atoms with Gasteiger partial charge in [0.25, 0.3) is 5.91 Å². The van der Waals surface area contributed by atoms with Gasteiger partial charge in [0.05, 0.1) is 0 Å². The zero-order valence-electron chi connectivity index (χ0n) is 13.0. The second kappa shape index (κ2) is 6.77. The largest absolute Gasteiger partial charge is 0.388 e. The Morgan fingerprint density at radius 1 is 1.35 bits per heavy atom. The summed E-state index contributed by atoms with van der Waals surface area (Å²) in [6, 6.07) is 6.70. The summed E-state index contributed by atoms with van der Waals surface area (Å²) in [7, 11) is 0. The molecule has 3 N–H and O–H groups in total. The maximum Gasteiger partial charge on any atom is 0.253 e. The number of amides is 1. The minimum absolute atomic E-state index is 0.142. The molecule has 5 nitrogen and oxygen atoms in total. The Hall–Kier alpha value is -1.14. The second-order valence-electron chi connectivity index (χ2n) is 6.70. The van der Waals surface area contributed by atoms with Gasteiger partial charge in [-0.15, -0.1) is 0 Å². The number of aliphatic hydroxyl groups excluding tert-OH is 1. The number of likely N-dealkylation sites (tertiary alicyclic amines) is 1. The third-order valence-corrected chi connectivity index (χ3v) is 5.02. The molecule has 0 unspecified atom stereocenters. The maximum atomic E-state index is 12.5. The SMILES string of the molecule is O=C(c1ccc(Cl)cc1)N1CC[C@](O)(CNCC2CC2)[C@@H](O)C1. The molecule has 2 atom stereocenters. The van der Waals surface area contributed by atoms with Crippen LogP contribution < -0.4 is 5.32 Å². The molecule has 6 heteroatoms. The Kier molecular flexibility index (Phi) is 4.92. The first-order valence-electron chi connectivity index (χ1n) is 8.14. The van der Waals surface area contributed by atoms with E-state index in [1.54, 1.807) is 29.2 Å². The minimum atomic E-state index is -1.16. The maximum absolute atomic E-state index is 12.5. The van der Waals surface area contributed by atoms with E-state index in [9.17, 15) is 15.0 Å². The molecule has 0 aromatic heterocycles. The molecule has 1 heterocycles. The van der Waals surface area contributed by atoms with Gasteiger partial charge in [-0.2, -0.15) is 0 Å². The highest BCUT2D eigenvalue weighted by Crippen LogP contribution is 2.28. The monoisotopic (exact) mass is 338 g/mol. The van der Waals surface area contributed by atoms with Crippen molar-refractivity contribution >= 4 is 17.5 Å². The van der Waals surface area contributed by atoms with Crippen LogP contribution in [0.3, 0.4) is 0 Å². The lowest BCUT2D eigenvalue weighted by Gasteiger charge is -2.42. The lowest BCUT2D eigenvalue weighted by Crippen LogP contribution is -2.60. The molecule has 1 aliphatic heterocycles. The number of halogens is 1. The summed E-state index contributed by atoms with van der Waals surface area (Å²) < 4.78 is 0. The van der Waals surface area contributed by atoms with Crippen LogP contribution in [0.4, 0.5) is 0 Å². The molecule has 126 valence electrons. The molecule has 2 fully saturated rings. The van der Waals surface area contributed by atoms with Crippen LogP contribution in [0.15, 0.2) is 24.3 Å². The first-order chi connectivity index (χ1) is 11.0. The van der Waals surface area contributed by atoms with Crippen molar-refractivity contribution in [1.29, 1.82) is 0 Å². The molecule has 1 saturated carbocycles. The fourth-order valence-corrected chi connectivity index (χ4v) is 3.07. The van der Waals surface area contributed by atoms with E-state index in [1.807, 2.05) is 0 Å². The molecule has 1 aromatic carbocycles. The summed E-state index contributed by atoms with van der Waals surface area (Å²) in [5.41, 5.74) is -0.620. The molecule has 1 aliphatic carbocycles. The zero-order chi connectivity index (χ0) is 16.4. The summed E-state index contributed by atoms with van der Waals surface area (Å²) in [6.07, 6.45) is 1.92. The van der Waals surface area contributed by atoms with Crippen LogP contribution in [0.1, 0.15) is 29.6 Å². The number of piperidine rings is 1. The quantitative estimate of drug-likeness (QED) is 0.756. The number of aliphatic hydroxyl groups is 2. The highest BCUT2D eigenvalue weighted by atomic mass is 35.5. The van der Waals surface area contributed by atoms with Crippen LogP contribution in [0.5, 0.6) is 0 Å².